The van der Waals surface area contributed by atoms with Gasteiger partial charge in [-0.1, -0.05) is 13.8 Å². The molecule has 2 aliphatic rings. The summed E-state index contributed by atoms with van der Waals surface area (Å²) in [5, 5.41) is 3.68. The number of hydrogen-bond acceptors (Lipinski definition) is 4. The van der Waals surface area contributed by atoms with Gasteiger partial charge in [-0.3, -0.25) is 0 Å². The Balaban J connectivity index is 1.93. The zero-order valence-electron chi connectivity index (χ0n) is 14.5. The summed E-state index contributed by atoms with van der Waals surface area (Å²) < 4.78 is 5.62. The average molecular weight is 297 g/mol. The molecule has 1 atom stereocenters. The molecule has 0 amide bonds. The molecule has 0 spiro atoms. The van der Waals surface area contributed by atoms with Crippen molar-refractivity contribution in [3.8, 4) is 0 Å². The van der Waals surface area contributed by atoms with Crippen molar-refractivity contribution < 1.29 is 4.74 Å². The highest BCUT2D eigenvalue weighted by molar-refractivity contribution is 4.89. The van der Waals surface area contributed by atoms with Gasteiger partial charge in [-0.05, 0) is 51.7 Å². The van der Waals surface area contributed by atoms with Crippen LogP contribution < -0.4 is 5.32 Å². The lowest BCUT2D eigenvalue weighted by atomic mass is 9.79. The molecule has 0 aromatic heterocycles. The van der Waals surface area contributed by atoms with Gasteiger partial charge in [0.15, 0.2) is 0 Å². The van der Waals surface area contributed by atoms with E-state index < -0.39 is 0 Å². The molecule has 2 rings (SSSR count). The predicted molar refractivity (Wildman–Crippen MR) is 88.8 cm³/mol. The fraction of sp³-hybridized carbons (Fsp3) is 1.00. The molecule has 4 nitrogen and oxygen atoms in total. The summed E-state index contributed by atoms with van der Waals surface area (Å²) in [4.78, 5) is 5.11. The van der Waals surface area contributed by atoms with Gasteiger partial charge < -0.3 is 19.9 Å². The number of rotatable bonds is 6. The summed E-state index contributed by atoms with van der Waals surface area (Å²) in [7, 11) is 4.58. The number of nitrogens with zero attached hydrogens (tertiary/aromatic N) is 2. The van der Waals surface area contributed by atoms with Gasteiger partial charge in [-0.15, -0.1) is 0 Å². The Kier molecular flexibility index (Phi) is 6.48. The van der Waals surface area contributed by atoms with Crippen LogP contribution in [-0.2, 0) is 4.74 Å². The van der Waals surface area contributed by atoms with Crippen molar-refractivity contribution in [2.45, 2.75) is 51.6 Å². The summed E-state index contributed by atoms with van der Waals surface area (Å²) in [6.07, 6.45) is 5.08. The zero-order valence-corrected chi connectivity index (χ0v) is 14.5. The number of hydrogen-bond donors (Lipinski definition) is 1. The molecule has 2 heterocycles. The van der Waals surface area contributed by atoms with E-state index in [-0.39, 0.29) is 0 Å². The second-order valence-electron chi connectivity index (χ2n) is 7.62. The van der Waals surface area contributed by atoms with Gasteiger partial charge >= 0.3 is 0 Å². The molecule has 0 radical (unpaired) electrons. The minimum absolute atomic E-state index is 0.396. The molecular formula is C17H35N3O. The van der Waals surface area contributed by atoms with E-state index in [2.05, 4.69) is 43.1 Å². The first-order valence-electron chi connectivity index (χ1n) is 8.71. The number of likely N-dealkylation sites (tertiary alicyclic amines) is 1. The number of piperidine rings is 1. The van der Waals surface area contributed by atoms with E-state index in [1.54, 1.807) is 0 Å². The Morgan fingerprint density at radius 3 is 2.67 bits per heavy atom. The highest BCUT2D eigenvalue weighted by Gasteiger charge is 2.35. The fourth-order valence-corrected chi connectivity index (χ4v) is 3.77. The summed E-state index contributed by atoms with van der Waals surface area (Å²) in [6, 6.07) is 1.29. The Bertz CT molecular complexity index is 302. The third kappa shape index (κ3) is 5.20. The Morgan fingerprint density at radius 2 is 2.05 bits per heavy atom. The van der Waals surface area contributed by atoms with Crippen LogP contribution in [0.15, 0.2) is 0 Å². The number of likely N-dealkylation sites (N-methyl/N-ethyl adjacent to an activating group) is 2. The van der Waals surface area contributed by atoms with Gasteiger partial charge in [0.2, 0.25) is 0 Å². The summed E-state index contributed by atoms with van der Waals surface area (Å²) >= 11 is 0. The van der Waals surface area contributed by atoms with Gasteiger partial charge in [0.25, 0.3) is 0 Å². The lowest BCUT2D eigenvalue weighted by Gasteiger charge is -2.44. The van der Waals surface area contributed by atoms with Crippen molar-refractivity contribution >= 4 is 0 Å². The quantitative estimate of drug-likeness (QED) is 0.809. The van der Waals surface area contributed by atoms with Crippen LogP contribution in [0.2, 0.25) is 0 Å². The van der Waals surface area contributed by atoms with Crippen LogP contribution in [0.3, 0.4) is 0 Å². The lowest BCUT2D eigenvalue weighted by molar-refractivity contribution is -0.0128. The molecule has 1 unspecified atom stereocenters. The van der Waals surface area contributed by atoms with Gasteiger partial charge in [0.05, 0.1) is 0 Å². The van der Waals surface area contributed by atoms with Crippen LogP contribution in [0.25, 0.3) is 0 Å². The summed E-state index contributed by atoms with van der Waals surface area (Å²) in [6.45, 7) is 11.2. The Morgan fingerprint density at radius 1 is 1.33 bits per heavy atom. The SMILES string of the molecule is CC(C)NCC1(CN(C)C2CCCN(C)C2)CCOCC1. The van der Waals surface area contributed by atoms with Crippen LogP contribution >= 0.6 is 0 Å². The largest absolute Gasteiger partial charge is 0.381 e. The highest BCUT2D eigenvalue weighted by atomic mass is 16.5. The number of nitrogens with one attached hydrogen (secondary N) is 1. The molecule has 0 saturated carbocycles. The second-order valence-corrected chi connectivity index (χ2v) is 7.62. The van der Waals surface area contributed by atoms with E-state index in [0.717, 1.165) is 25.8 Å². The summed E-state index contributed by atoms with van der Waals surface area (Å²) in [5.74, 6) is 0. The minimum Gasteiger partial charge on any atom is -0.381 e. The first kappa shape index (κ1) is 17.2. The van der Waals surface area contributed by atoms with Crippen LogP contribution in [0, 0.1) is 5.41 Å². The van der Waals surface area contributed by atoms with E-state index in [1.165, 1.54) is 45.3 Å². The van der Waals surface area contributed by atoms with Crippen LogP contribution in [-0.4, -0.2) is 75.4 Å². The first-order chi connectivity index (χ1) is 10.0. The molecule has 0 aromatic carbocycles. The van der Waals surface area contributed by atoms with Gasteiger partial charge in [-0.2, -0.15) is 0 Å². The maximum absolute atomic E-state index is 5.62. The molecule has 2 aliphatic heterocycles. The standard InChI is InChI=1S/C17H35N3O/c1-15(2)18-13-17(7-10-21-11-8-17)14-20(4)16-6-5-9-19(3)12-16/h15-16,18H,5-14H2,1-4H3. The smallest absolute Gasteiger partial charge is 0.0472 e. The van der Waals surface area contributed by atoms with E-state index in [0.29, 0.717) is 11.5 Å². The molecule has 4 heteroatoms. The molecule has 0 bridgehead atoms. The molecule has 124 valence electrons. The minimum atomic E-state index is 0.396. The molecule has 1 N–H and O–H groups in total. The van der Waals surface area contributed by atoms with E-state index >= 15 is 0 Å². The van der Waals surface area contributed by atoms with Crippen molar-refractivity contribution in [3.63, 3.8) is 0 Å². The zero-order chi connectivity index (χ0) is 15.3. The second kappa shape index (κ2) is 7.91. The Labute approximate surface area is 131 Å². The normalized spacial score (nSPS) is 27.4. The van der Waals surface area contributed by atoms with Gasteiger partial charge in [0, 0.05) is 44.9 Å². The molecule has 2 saturated heterocycles. The van der Waals surface area contributed by atoms with Crippen molar-refractivity contribution in [1.29, 1.82) is 0 Å². The molecule has 21 heavy (non-hydrogen) atoms. The van der Waals surface area contributed by atoms with E-state index in [9.17, 15) is 0 Å². The monoisotopic (exact) mass is 297 g/mol. The molecule has 0 aliphatic carbocycles. The summed E-state index contributed by atoms with van der Waals surface area (Å²) in [5.41, 5.74) is 0.396. The van der Waals surface area contributed by atoms with Crippen LogP contribution in [0.1, 0.15) is 39.5 Å². The lowest BCUT2D eigenvalue weighted by Crippen LogP contribution is -2.52. The molecule has 2 fully saturated rings. The van der Waals surface area contributed by atoms with Crippen molar-refractivity contribution in [3.05, 3.63) is 0 Å². The first-order valence-corrected chi connectivity index (χ1v) is 8.71. The third-order valence-electron chi connectivity index (χ3n) is 5.25. The van der Waals surface area contributed by atoms with Crippen LogP contribution in [0.4, 0.5) is 0 Å². The third-order valence-corrected chi connectivity index (χ3v) is 5.25. The maximum Gasteiger partial charge on any atom is 0.0472 e. The maximum atomic E-state index is 5.62. The van der Waals surface area contributed by atoms with Crippen molar-refractivity contribution in [2.75, 3.05) is 53.5 Å². The fourth-order valence-electron chi connectivity index (χ4n) is 3.77. The van der Waals surface area contributed by atoms with Crippen molar-refractivity contribution in [1.82, 2.24) is 15.1 Å². The van der Waals surface area contributed by atoms with Gasteiger partial charge in [0.1, 0.15) is 0 Å². The topological polar surface area (TPSA) is 27.7 Å². The van der Waals surface area contributed by atoms with E-state index in [1.807, 2.05) is 0 Å². The molecule has 0 aromatic rings. The van der Waals surface area contributed by atoms with Gasteiger partial charge in [-0.25, -0.2) is 0 Å². The van der Waals surface area contributed by atoms with Crippen LogP contribution in [0.5, 0.6) is 0 Å². The highest BCUT2D eigenvalue weighted by Crippen LogP contribution is 2.32. The Hall–Kier alpha value is -0.160. The number of ether oxygens (including phenoxy) is 1. The predicted octanol–water partition coefficient (Wildman–Crippen LogP) is 1.81. The average Bonchev–Trinajstić information content (AvgIpc) is 2.46. The van der Waals surface area contributed by atoms with Crippen molar-refractivity contribution in [2.24, 2.45) is 5.41 Å². The van der Waals surface area contributed by atoms with E-state index in [4.69, 9.17) is 4.74 Å². The molecular weight excluding hydrogens is 262 g/mol.